The van der Waals surface area contributed by atoms with Crippen molar-refractivity contribution in [3.8, 4) is 0 Å². The Morgan fingerprint density at radius 3 is 2.80 bits per heavy atom. The first-order chi connectivity index (χ1) is 9.49. The molecule has 4 atom stereocenters. The van der Waals surface area contributed by atoms with E-state index in [4.69, 9.17) is 4.74 Å². The van der Waals surface area contributed by atoms with Crippen molar-refractivity contribution in [2.45, 2.75) is 37.8 Å². The summed E-state index contributed by atoms with van der Waals surface area (Å²) in [6.07, 6.45) is -1.67. The highest BCUT2D eigenvalue weighted by Gasteiger charge is 2.53. The second kappa shape index (κ2) is 4.49. The van der Waals surface area contributed by atoms with E-state index in [2.05, 4.69) is 10.1 Å². The molecule has 20 heavy (non-hydrogen) atoms. The first-order valence-corrected chi connectivity index (χ1v) is 6.43. The molecule has 3 rings (SSSR count). The molecule has 0 radical (unpaired) electrons. The van der Waals surface area contributed by atoms with E-state index in [-0.39, 0.29) is 6.61 Å². The molecule has 2 aromatic rings. The van der Waals surface area contributed by atoms with Crippen molar-refractivity contribution in [2.75, 3.05) is 6.61 Å². The Morgan fingerprint density at radius 1 is 1.40 bits per heavy atom. The summed E-state index contributed by atoms with van der Waals surface area (Å²) >= 11 is 0. The van der Waals surface area contributed by atoms with Gasteiger partial charge in [0.15, 0.2) is 0 Å². The Morgan fingerprint density at radius 2 is 2.15 bits per heavy atom. The first kappa shape index (κ1) is 13.4. The van der Waals surface area contributed by atoms with Crippen LogP contribution >= 0.6 is 0 Å². The van der Waals surface area contributed by atoms with Gasteiger partial charge in [0.1, 0.15) is 30.2 Å². The summed E-state index contributed by atoms with van der Waals surface area (Å²) in [6, 6.07) is 3.62. The van der Waals surface area contributed by atoms with Gasteiger partial charge in [-0.2, -0.15) is 5.10 Å². The fourth-order valence-corrected chi connectivity index (χ4v) is 2.77. The van der Waals surface area contributed by atoms with Crippen LogP contribution in [0.15, 0.2) is 18.5 Å². The molecule has 0 unspecified atom stereocenters. The number of aliphatic hydroxyl groups excluding tert-OH is 3. The molecule has 7 heteroatoms. The van der Waals surface area contributed by atoms with Gasteiger partial charge in [-0.1, -0.05) is 0 Å². The van der Waals surface area contributed by atoms with E-state index in [1.54, 1.807) is 17.5 Å². The van der Waals surface area contributed by atoms with Crippen LogP contribution in [0.2, 0.25) is 0 Å². The Labute approximate surface area is 115 Å². The van der Waals surface area contributed by atoms with Gasteiger partial charge < -0.3 is 20.1 Å². The fraction of sp³-hybridized carbons (Fsp3) is 0.538. The Kier molecular flexibility index (Phi) is 3.02. The number of aryl methyl sites for hydroxylation is 1. The first-order valence-electron chi connectivity index (χ1n) is 6.43. The van der Waals surface area contributed by atoms with Gasteiger partial charge in [0, 0.05) is 0 Å². The average molecular weight is 279 g/mol. The Balaban J connectivity index is 2.13. The monoisotopic (exact) mass is 279 g/mol. The number of hydrogen-bond acceptors (Lipinski definition) is 6. The van der Waals surface area contributed by atoms with Crippen LogP contribution in [-0.2, 0) is 10.3 Å². The third kappa shape index (κ3) is 1.68. The lowest BCUT2D eigenvalue weighted by Crippen LogP contribution is -2.39. The highest BCUT2D eigenvalue weighted by atomic mass is 16.6. The van der Waals surface area contributed by atoms with Gasteiger partial charge in [-0.3, -0.25) is 0 Å². The number of rotatable bonds is 2. The van der Waals surface area contributed by atoms with E-state index in [9.17, 15) is 15.3 Å². The molecule has 0 saturated carbocycles. The molecular weight excluding hydrogens is 262 g/mol. The maximum Gasteiger partial charge on any atom is 0.136 e. The highest BCUT2D eigenvalue weighted by molar-refractivity contribution is 5.53. The van der Waals surface area contributed by atoms with Crippen molar-refractivity contribution in [3.05, 3.63) is 29.8 Å². The van der Waals surface area contributed by atoms with Crippen molar-refractivity contribution < 1.29 is 20.1 Å². The second-order valence-electron chi connectivity index (χ2n) is 5.24. The predicted octanol–water partition coefficient (Wildman–Crippen LogP) is -0.634. The van der Waals surface area contributed by atoms with Crippen LogP contribution in [-0.4, -0.2) is 54.8 Å². The van der Waals surface area contributed by atoms with E-state index in [1.165, 1.54) is 6.33 Å². The average Bonchev–Trinajstić information content (AvgIpc) is 2.96. The minimum absolute atomic E-state index is 0.356. The molecule has 0 aliphatic carbocycles. The second-order valence-corrected chi connectivity index (χ2v) is 5.24. The van der Waals surface area contributed by atoms with E-state index in [0.717, 1.165) is 11.2 Å². The summed E-state index contributed by atoms with van der Waals surface area (Å²) in [5, 5.41) is 33.6. The minimum Gasteiger partial charge on any atom is -0.394 e. The summed E-state index contributed by atoms with van der Waals surface area (Å²) in [5.74, 6) is 0. The fourth-order valence-electron chi connectivity index (χ4n) is 2.77. The maximum atomic E-state index is 10.3. The van der Waals surface area contributed by atoms with E-state index < -0.39 is 23.9 Å². The van der Waals surface area contributed by atoms with Gasteiger partial charge in [0.25, 0.3) is 0 Å². The Hall–Kier alpha value is -1.54. The van der Waals surface area contributed by atoms with Gasteiger partial charge in [-0.15, -0.1) is 0 Å². The quantitative estimate of drug-likeness (QED) is 0.676. The van der Waals surface area contributed by atoms with Gasteiger partial charge in [0.05, 0.1) is 23.5 Å². The van der Waals surface area contributed by atoms with Gasteiger partial charge in [-0.25, -0.2) is 9.50 Å². The summed E-state index contributed by atoms with van der Waals surface area (Å²) < 4.78 is 7.32. The number of ether oxygens (including phenoxy) is 1. The van der Waals surface area contributed by atoms with Crippen LogP contribution in [0, 0.1) is 6.92 Å². The number of fused-ring (bicyclic) bond motifs is 1. The van der Waals surface area contributed by atoms with Crippen LogP contribution < -0.4 is 0 Å². The number of aromatic nitrogens is 3. The van der Waals surface area contributed by atoms with Crippen molar-refractivity contribution >= 4 is 5.52 Å². The minimum atomic E-state index is -1.15. The molecule has 0 bridgehead atoms. The molecule has 108 valence electrons. The predicted molar refractivity (Wildman–Crippen MR) is 69.0 cm³/mol. The lowest BCUT2D eigenvalue weighted by molar-refractivity contribution is -0.0891. The van der Waals surface area contributed by atoms with Crippen molar-refractivity contribution in [3.63, 3.8) is 0 Å². The van der Waals surface area contributed by atoms with Gasteiger partial charge >= 0.3 is 0 Å². The van der Waals surface area contributed by atoms with Crippen molar-refractivity contribution in [1.82, 2.24) is 14.6 Å². The van der Waals surface area contributed by atoms with Crippen LogP contribution in [0.1, 0.15) is 18.3 Å². The molecule has 3 heterocycles. The SMILES string of the molecule is Cc1ncnn2c([C@]3(C)O[C@H](CO)[C@@H](O)[C@H]3O)ccc12. The molecule has 3 N–H and O–H groups in total. The molecule has 1 aliphatic rings. The van der Waals surface area contributed by atoms with E-state index >= 15 is 0 Å². The van der Waals surface area contributed by atoms with Crippen molar-refractivity contribution in [1.29, 1.82) is 0 Å². The lowest BCUT2D eigenvalue weighted by Gasteiger charge is -2.27. The summed E-state index contributed by atoms with van der Waals surface area (Å²) in [4.78, 5) is 4.11. The highest BCUT2D eigenvalue weighted by Crippen LogP contribution is 2.39. The van der Waals surface area contributed by atoms with Gasteiger partial charge in [0.2, 0.25) is 0 Å². The topological polar surface area (TPSA) is 100 Å². The van der Waals surface area contributed by atoms with Crippen LogP contribution in [0.5, 0.6) is 0 Å². The third-order valence-corrected chi connectivity index (χ3v) is 4.00. The van der Waals surface area contributed by atoms with Gasteiger partial charge in [-0.05, 0) is 26.0 Å². The summed E-state index contributed by atoms with van der Waals surface area (Å²) in [6.45, 7) is 3.18. The lowest BCUT2D eigenvalue weighted by atomic mass is 9.93. The smallest absolute Gasteiger partial charge is 0.136 e. The molecule has 1 aliphatic heterocycles. The zero-order valence-electron chi connectivity index (χ0n) is 11.3. The molecule has 2 aromatic heterocycles. The third-order valence-electron chi connectivity index (χ3n) is 4.00. The standard InChI is InChI=1S/C13H17N3O4/c1-7-8-3-4-10(16(8)15-6-14-7)13(2)12(19)11(18)9(5-17)20-13/h3-4,6,9,11-12,17-19H,5H2,1-2H3/t9-,11-,12-,13+/m1/s1. The zero-order valence-corrected chi connectivity index (χ0v) is 11.3. The maximum absolute atomic E-state index is 10.3. The summed E-state index contributed by atoms with van der Waals surface area (Å²) in [5.41, 5.74) is 1.09. The summed E-state index contributed by atoms with van der Waals surface area (Å²) in [7, 11) is 0. The number of aliphatic hydroxyl groups is 3. The normalized spacial score (nSPS) is 34.0. The molecule has 0 spiro atoms. The molecular formula is C13H17N3O4. The Bertz CT molecular complexity index is 644. The van der Waals surface area contributed by atoms with Crippen LogP contribution in [0.25, 0.3) is 5.52 Å². The van der Waals surface area contributed by atoms with E-state index in [0.29, 0.717) is 5.69 Å². The van der Waals surface area contributed by atoms with Crippen LogP contribution in [0.4, 0.5) is 0 Å². The number of hydrogen-bond donors (Lipinski definition) is 3. The molecule has 0 amide bonds. The van der Waals surface area contributed by atoms with Crippen LogP contribution in [0.3, 0.4) is 0 Å². The van der Waals surface area contributed by atoms with Crippen molar-refractivity contribution in [2.24, 2.45) is 0 Å². The molecule has 0 aromatic carbocycles. The largest absolute Gasteiger partial charge is 0.394 e. The van der Waals surface area contributed by atoms with E-state index in [1.807, 2.05) is 13.0 Å². The molecule has 1 fully saturated rings. The molecule has 1 saturated heterocycles. The zero-order chi connectivity index (χ0) is 14.5. The molecule has 7 nitrogen and oxygen atoms in total. The number of nitrogens with zero attached hydrogens (tertiary/aromatic N) is 3.